The molecular formula is C26H23ClN4O4S. The third-order valence-corrected chi connectivity index (χ3v) is 7.00. The second-order valence-electron chi connectivity index (χ2n) is 7.93. The largest absolute Gasteiger partial charge is 0.496 e. The number of rotatable bonds is 6. The van der Waals surface area contributed by atoms with Crippen LogP contribution in [0.5, 0.6) is 17.2 Å². The van der Waals surface area contributed by atoms with E-state index in [0.717, 1.165) is 5.56 Å². The van der Waals surface area contributed by atoms with Gasteiger partial charge in [0.05, 0.1) is 32.3 Å². The lowest BCUT2D eigenvalue weighted by molar-refractivity contribution is -0.116. The fraction of sp³-hybridized carbons (Fsp3) is 0.192. The smallest absolute Gasteiger partial charge is 0.276 e. The Morgan fingerprint density at radius 1 is 1.00 bits per heavy atom. The molecule has 1 N–H and O–H groups in total. The number of thioether (sulfide) groups is 1. The van der Waals surface area contributed by atoms with Crippen molar-refractivity contribution >= 4 is 40.1 Å². The van der Waals surface area contributed by atoms with Crippen LogP contribution in [0.25, 0.3) is 5.70 Å². The lowest BCUT2D eigenvalue weighted by Gasteiger charge is -2.35. The molecule has 8 nitrogen and oxygen atoms in total. The summed E-state index contributed by atoms with van der Waals surface area (Å²) in [5.74, 6) is 1.94. The lowest BCUT2D eigenvalue weighted by Crippen LogP contribution is -2.50. The summed E-state index contributed by atoms with van der Waals surface area (Å²) in [6, 6.07) is 18.6. The van der Waals surface area contributed by atoms with E-state index in [2.05, 4.69) is 5.32 Å². The second-order valence-corrected chi connectivity index (χ2v) is 9.33. The van der Waals surface area contributed by atoms with E-state index in [1.165, 1.54) is 11.8 Å². The Balaban J connectivity index is 1.63. The molecule has 0 aliphatic carbocycles. The van der Waals surface area contributed by atoms with Crippen molar-refractivity contribution in [2.75, 3.05) is 21.3 Å². The molecule has 184 valence electrons. The Morgan fingerprint density at radius 3 is 2.36 bits per heavy atom. The molecule has 0 aromatic heterocycles. The van der Waals surface area contributed by atoms with E-state index >= 15 is 0 Å². The van der Waals surface area contributed by atoms with Gasteiger partial charge in [0.25, 0.3) is 5.91 Å². The fourth-order valence-corrected chi connectivity index (χ4v) is 5.03. The molecule has 5 rings (SSSR count). The van der Waals surface area contributed by atoms with Gasteiger partial charge in [-0.05, 0) is 23.8 Å². The molecule has 3 aromatic rings. The van der Waals surface area contributed by atoms with Gasteiger partial charge in [0, 0.05) is 28.1 Å². The zero-order valence-corrected chi connectivity index (χ0v) is 21.4. The predicted octanol–water partition coefficient (Wildman–Crippen LogP) is 3.44. The maximum atomic E-state index is 13.4. The number of amides is 1. The topological polar surface area (TPSA) is 84.8 Å². The van der Waals surface area contributed by atoms with Crippen LogP contribution < -0.4 is 30.1 Å². The summed E-state index contributed by atoms with van der Waals surface area (Å²) < 4.78 is 16.8. The minimum absolute atomic E-state index is 0.262. The number of hydrazone groups is 1. The van der Waals surface area contributed by atoms with Crippen LogP contribution in [0.15, 0.2) is 70.8 Å². The monoisotopic (exact) mass is 522 g/mol. The van der Waals surface area contributed by atoms with Crippen LogP contribution in [0.4, 0.5) is 0 Å². The SMILES string of the molecule is COc1cc(OC)c([C@H]2N=c3ccccc3=C3C(=O)NC(SCc4ccc(Cl)cc4)=NN32)c(OC)c1. The zero-order valence-electron chi connectivity index (χ0n) is 19.8. The van der Waals surface area contributed by atoms with Crippen LogP contribution in [-0.2, 0) is 10.5 Å². The summed E-state index contributed by atoms with van der Waals surface area (Å²) in [7, 11) is 4.71. The van der Waals surface area contributed by atoms with Gasteiger partial charge in [0.2, 0.25) is 0 Å². The summed E-state index contributed by atoms with van der Waals surface area (Å²) in [5.41, 5.74) is 2.09. The molecule has 0 saturated heterocycles. The van der Waals surface area contributed by atoms with Crippen molar-refractivity contribution in [2.24, 2.45) is 10.1 Å². The number of methoxy groups -OCH3 is 3. The Bertz CT molecular complexity index is 1450. The minimum Gasteiger partial charge on any atom is -0.496 e. The predicted molar refractivity (Wildman–Crippen MR) is 140 cm³/mol. The molecule has 36 heavy (non-hydrogen) atoms. The second kappa shape index (κ2) is 10.1. The highest BCUT2D eigenvalue weighted by Gasteiger charge is 2.37. The van der Waals surface area contributed by atoms with Gasteiger partial charge in [-0.15, -0.1) is 5.10 Å². The van der Waals surface area contributed by atoms with Crippen LogP contribution in [0.2, 0.25) is 5.02 Å². The van der Waals surface area contributed by atoms with Crippen molar-refractivity contribution < 1.29 is 19.0 Å². The first-order valence-electron chi connectivity index (χ1n) is 11.1. The van der Waals surface area contributed by atoms with E-state index in [1.54, 1.807) is 38.5 Å². The van der Waals surface area contributed by atoms with E-state index in [4.69, 9.17) is 35.9 Å². The third kappa shape index (κ3) is 4.47. The first-order chi connectivity index (χ1) is 17.5. The number of amidine groups is 1. The fourth-order valence-electron chi connectivity index (χ4n) is 4.10. The Labute approximate surface area is 217 Å². The number of para-hydroxylation sites is 1. The number of carbonyl (C=O) groups is 1. The number of carbonyl (C=O) groups excluding carboxylic acids is 1. The number of benzene rings is 3. The molecule has 1 atom stereocenters. The minimum atomic E-state index is -0.706. The number of ether oxygens (including phenoxy) is 3. The first kappa shape index (κ1) is 24.0. The number of nitrogens with zero attached hydrogens (tertiary/aromatic N) is 3. The number of nitrogens with one attached hydrogen (secondary N) is 1. The van der Waals surface area contributed by atoms with Crippen molar-refractivity contribution in [3.05, 3.63) is 87.4 Å². The normalized spacial score (nSPS) is 16.3. The zero-order chi connectivity index (χ0) is 25.2. The first-order valence-corrected chi connectivity index (χ1v) is 12.4. The molecular weight excluding hydrogens is 500 g/mol. The molecule has 2 aliphatic heterocycles. The summed E-state index contributed by atoms with van der Waals surface area (Å²) in [4.78, 5) is 18.4. The molecule has 3 aromatic carbocycles. The van der Waals surface area contributed by atoms with Gasteiger partial charge in [-0.2, -0.15) is 0 Å². The summed E-state index contributed by atoms with van der Waals surface area (Å²) in [6.07, 6.45) is -0.706. The molecule has 0 spiro atoms. The highest BCUT2D eigenvalue weighted by molar-refractivity contribution is 8.13. The molecule has 2 heterocycles. The average Bonchev–Trinajstić information content (AvgIpc) is 2.91. The summed E-state index contributed by atoms with van der Waals surface area (Å²) >= 11 is 7.42. The Morgan fingerprint density at radius 2 is 1.69 bits per heavy atom. The van der Waals surface area contributed by atoms with E-state index in [1.807, 2.05) is 48.5 Å². The molecule has 0 bridgehead atoms. The van der Waals surface area contributed by atoms with Crippen LogP contribution in [-0.4, -0.2) is 37.4 Å². The van der Waals surface area contributed by atoms with Crippen molar-refractivity contribution in [3.63, 3.8) is 0 Å². The highest BCUT2D eigenvalue weighted by atomic mass is 35.5. The quantitative estimate of drug-likeness (QED) is 0.534. The number of fused-ring (bicyclic) bond motifs is 2. The molecule has 0 fully saturated rings. The van der Waals surface area contributed by atoms with Crippen LogP contribution >= 0.6 is 23.4 Å². The van der Waals surface area contributed by atoms with E-state index in [-0.39, 0.29) is 5.91 Å². The van der Waals surface area contributed by atoms with Gasteiger partial charge < -0.3 is 14.2 Å². The van der Waals surface area contributed by atoms with Crippen LogP contribution in [0, 0.1) is 0 Å². The molecule has 10 heteroatoms. The molecule has 0 unspecified atom stereocenters. The van der Waals surface area contributed by atoms with E-state index in [0.29, 0.717) is 55.0 Å². The van der Waals surface area contributed by atoms with Crippen molar-refractivity contribution in [1.82, 2.24) is 10.3 Å². The Kier molecular flexibility index (Phi) is 6.75. The Hall–Kier alpha value is -3.69. The van der Waals surface area contributed by atoms with Gasteiger partial charge in [-0.1, -0.05) is 53.7 Å². The van der Waals surface area contributed by atoms with Gasteiger partial charge in [-0.3, -0.25) is 15.1 Å². The highest BCUT2D eigenvalue weighted by Crippen LogP contribution is 2.43. The molecule has 0 saturated carbocycles. The standard InChI is InChI=1S/C26H23ClN4O4S/c1-33-17-12-20(34-2)22(21(13-17)35-3)24-28-19-7-5-4-6-18(19)23-25(32)29-26(30-31(23)24)36-14-15-8-10-16(27)11-9-15/h4-13,24H,14H2,1-3H3,(H,29,30,32)/t24-/m0/s1. The van der Waals surface area contributed by atoms with Crippen LogP contribution in [0.1, 0.15) is 17.3 Å². The molecule has 0 radical (unpaired) electrons. The summed E-state index contributed by atoms with van der Waals surface area (Å²) in [6.45, 7) is 0. The van der Waals surface area contributed by atoms with Crippen molar-refractivity contribution in [1.29, 1.82) is 0 Å². The van der Waals surface area contributed by atoms with Gasteiger partial charge in [-0.25, -0.2) is 5.01 Å². The molecule has 1 amide bonds. The maximum Gasteiger partial charge on any atom is 0.276 e. The van der Waals surface area contributed by atoms with Gasteiger partial charge in [0.15, 0.2) is 11.3 Å². The van der Waals surface area contributed by atoms with Crippen molar-refractivity contribution in [3.8, 4) is 17.2 Å². The van der Waals surface area contributed by atoms with E-state index < -0.39 is 6.17 Å². The third-order valence-electron chi connectivity index (χ3n) is 5.82. The lowest BCUT2D eigenvalue weighted by atomic mass is 10.1. The number of hydrogen-bond acceptors (Lipinski definition) is 8. The van der Waals surface area contributed by atoms with Gasteiger partial charge in [0.1, 0.15) is 22.9 Å². The average molecular weight is 523 g/mol. The van der Waals surface area contributed by atoms with E-state index in [9.17, 15) is 4.79 Å². The summed E-state index contributed by atoms with van der Waals surface area (Å²) in [5, 5.41) is 11.9. The maximum absolute atomic E-state index is 13.4. The van der Waals surface area contributed by atoms with Crippen molar-refractivity contribution in [2.45, 2.75) is 11.9 Å². The number of hydrogen-bond donors (Lipinski definition) is 1. The number of halogens is 1. The molecule has 2 aliphatic rings. The van der Waals surface area contributed by atoms with Gasteiger partial charge >= 0.3 is 0 Å². The van der Waals surface area contributed by atoms with Crippen LogP contribution in [0.3, 0.4) is 0 Å².